The van der Waals surface area contributed by atoms with E-state index in [1.54, 1.807) is 32.0 Å². The number of aliphatic hydroxyl groups excluding tert-OH is 2. The van der Waals surface area contributed by atoms with Gasteiger partial charge in [-0.1, -0.05) is 47.5 Å². The highest BCUT2D eigenvalue weighted by atomic mass is 35.5. The summed E-state index contributed by atoms with van der Waals surface area (Å²) >= 11 is 12.1. The molecule has 7 nitrogen and oxygen atoms in total. The normalized spacial score (nSPS) is 13.8. The van der Waals surface area contributed by atoms with Gasteiger partial charge in [-0.3, -0.25) is 4.79 Å². The molecule has 0 bridgehead atoms. The lowest BCUT2D eigenvalue weighted by Gasteiger charge is -2.27. The summed E-state index contributed by atoms with van der Waals surface area (Å²) in [4.78, 5) is 24.0. The van der Waals surface area contributed by atoms with Crippen molar-refractivity contribution in [3.8, 4) is 11.1 Å². The lowest BCUT2D eigenvalue weighted by atomic mass is 9.96. The molecule has 3 N–H and O–H groups in total. The Kier molecular flexibility index (Phi) is 10.4. The van der Waals surface area contributed by atoms with Crippen molar-refractivity contribution in [3.63, 3.8) is 0 Å². The molecule has 0 radical (unpaired) electrons. The van der Waals surface area contributed by atoms with Crippen LogP contribution < -0.4 is 5.32 Å². The summed E-state index contributed by atoms with van der Waals surface area (Å²) in [6.45, 7) is 3.54. The maximum atomic E-state index is 12.2. The van der Waals surface area contributed by atoms with Crippen LogP contribution in [-0.2, 0) is 25.5 Å². The number of carbonyl (C=O) groups excluding carboxylic acids is 2. The standard InChI is InChI=1S/C23H27Cl2NO6/c1-3-31-13-20(27)26-19(21(28)22(29)23(30)32-4-2)9-14-5-7-15(8-6-14)16-10-17(24)12-18(25)11-16/h5-8,10-12,19,21-22,28-29H,3-4,9,13H2,1-2H3,(H,26,27). The zero-order valence-electron chi connectivity index (χ0n) is 17.9. The maximum absolute atomic E-state index is 12.2. The fraction of sp³-hybridized carbons (Fsp3) is 0.391. The number of rotatable bonds is 11. The number of hydrogen-bond acceptors (Lipinski definition) is 6. The van der Waals surface area contributed by atoms with Gasteiger partial charge in [0.2, 0.25) is 5.91 Å². The number of amides is 1. The highest BCUT2D eigenvalue weighted by Gasteiger charge is 2.33. The minimum absolute atomic E-state index is 0.0545. The Balaban J connectivity index is 2.19. The monoisotopic (exact) mass is 483 g/mol. The van der Waals surface area contributed by atoms with Gasteiger partial charge < -0.3 is 25.0 Å². The molecule has 0 spiro atoms. The van der Waals surface area contributed by atoms with E-state index in [0.29, 0.717) is 16.7 Å². The number of benzene rings is 2. The molecular weight excluding hydrogens is 457 g/mol. The average molecular weight is 484 g/mol. The molecule has 2 aromatic rings. The molecule has 174 valence electrons. The smallest absolute Gasteiger partial charge is 0.337 e. The number of ether oxygens (including phenoxy) is 2. The molecule has 32 heavy (non-hydrogen) atoms. The Morgan fingerprint density at radius 2 is 1.59 bits per heavy atom. The molecule has 3 unspecified atom stereocenters. The van der Waals surface area contributed by atoms with Crippen molar-refractivity contribution in [2.75, 3.05) is 19.8 Å². The molecule has 9 heteroatoms. The Hall–Kier alpha value is -2.16. The zero-order chi connectivity index (χ0) is 23.7. The zero-order valence-corrected chi connectivity index (χ0v) is 19.4. The fourth-order valence-corrected chi connectivity index (χ4v) is 3.62. The van der Waals surface area contributed by atoms with Gasteiger partial charge in [-0.2, -0.15) is 0 Å². The van der Waals surface area contributed by atoms with Crippen molar-refractivity contribution >= 4 is 35.1 Å². The number of aliphatic hydroxyl groups is 2. The van der Waals surface area contributed by atoms with E-state index < -0.39 is 30.1 Å². The van der Waals surface area contributed by atoms with Crippen LogP contribution in [-0.4, -0.2) is 60.2 Å². The van der Waals surface area contributed by atoms with Gasteiger partial charge in [-0.25, -0.2) is 4.79 Å². The quantitative estimate of drug-likeness (QED) is 0.424. The minimum atomic E-state index is -1.81. The van der Waals surface area contributed by atoms with E-state index in [1.165, 1.54) is 0 Å². The third-order valence-electron chi connectivity index (χ3n) is 4.65. The summed E-state index contributed by atoms with van der Waals surface area (Å²) in [5.74, 6) is -1.44. The van der Waals surface area contributed by atoms with E-state index in [4.69, 9.17) is 32.7 Å². The number of carbonyl (C=O) groups is 2. The summed E-state index contributed by atoms with van der Waals surface area (Å²) < 4.78 is 9.86. The molecule has 0 aromatic heterocycles. The molecule has 0 aliphatic carbocycles. The van der Waals surface area contributed by atoms with Gasteiger partial charge >= 0.3 is 5.97 Å². The first-order valence-electron chi connectivity index (χ1n) is 10.2. The summed E-state index contributed by atoms with van der Waals surface area (Å²) in [7, 11) is 0. The lowest BCUT2D eigenvalue weighted by molar-refractivity contribution is -0.161. The predicted molar refractivity (Wildman–Crippen MR) is 123 cm³/mol. The van der Waals surface area contributed by atoms with Crippen LogP contribution in [0.3, 0.4) is 0 Å². The second-order valence-corrected chi connectivity index (χ2v) is 7.93. The van der Waals surface area contributed by atoms with E-state index >= 15 is 0 Å². The summed E-state index contributed by atoms with van der Waals surface area (Å²) in [5, 5.41) is 24.4. The van der Waals surface area contributed by atoms with Crippen LogP contribution in [0.2, 0.25) is 10.0 Å². The molecule has 2 aromatic carbocycles. The first-order chi connectivity index (χ1) is 15.2. The molecule has 1 amide bonds. The van der Waals surface area contributed by atoms with Crippen molar-refractivity contribution in [2.45, 2.75) is 38.5 Å². The largest absolute Gasteiger partial charge is 0.464 e. The summed E-state index contributed by atoms with van der Waals surface area (Å²) in [6.07, 6.45) is -3.22. The van der Waals surface area contributed by atoms with Crippen LogP contribution in [0.25, 0.3) is 11.1 Å². The van der Waals surface area contributed by atoms with Gasteiger partial charge in [0.1, 0.15) is 12.7 Å². The summed E-state index contributed by atoms with van der Waals surface area (Å²) in [6, 6.07) is 11.6. The van der Waals surface area contributed by atoms with Gasteiger partial charge in [-0.05, 0) is 55.2 Å². The number of hydrogen-bond donors (Lipinski definition) is 3. The molecule has 0 aliphatic heterocycles. The van der Waals surface area contributed by atoms with Gasteiger partial charge in [0.15, 0.2) is 6.10 Å². The van der Waals surface area contributed by atoms with Gasteiger partial charge in [0.25, 0.3) is 0 Å². The second kappa shape index (κ2) is 12.8. The molecule has 0 saturated heterocycles. The van der Waals surface area contributed by atoms with Crippen LogP contribution in [0, 0.1) is 0 Å². The van der Waals surface area contributed by atoms with Crippen molar-refractivity contribution in [1.82, 2.24) is 5.32 Å². The number of nitrogens with one attached hydrogen (secondary N) is 1. The minimum Gasteiger partial charge on any atom is -0.464 e. The van der Waals surface area contributed by atoms with E-state index in [1.807, 2.05) is 24.3 Å². The Morgan fingerprint density at radius 1 is 0.969 bits per heavy atom. The first kappa shape index (κ1) is 26.1. The van der Waals surface area contributed by atoms with Crippen LogP contribution in [0.5, 0.6) is 0 Å². The predicted octanol–water partition coefficient (Wildman–Crippen LogP) is 3.01. The fourth-order valence-electron chi connectivity index (χ4n) is 3.10. The van der Waals surface area contributed by atoms with Crippen molar-refractivity contribution < 1.29 is 29.3 Å². The highest BCUT2D eigenvalue weighted by molar-refractivity contribution is 6.35. The molecule has 0 heterocycles. The Labute approximate surface area is 197 Å². The number of esters is 1. The number of halogens is 2. The van der Waals surface area contributed by atoms with E-state index in [2.05, 4.69) is 5.32 Å². The van der Waals surface area contributed by atoms with E-state index in [-0.39, 0.29) is 19.6 Å². The Morgan fingerprint density at radius 3 is 2.16 bits per heavy atom. The van der Waals surface area contributed by atoms with Crippen molar-refractivity contribution in [3.05, 3.63) is 58.1 Å². The van der Waals surface area contributed by atoms with Gasteiger partial charge in [-0.15, -0.1) is 0 Å². The molecular formula is C23H27Cl2NO6. The van der Waals surface area contributed by atoms with Crippen molar-refractivity contribution in [2.24, 2.45) is 0 Å². The molecule has 2 rings (SSSR count). The van der Waals surface area contributed by atoms with Gasteiger partial charge in [0.05, 0.1) is 12.6 Å². The molecule has 0 aliphatic rings. The molecule has 0 saturated carbocycles. The molecule has 3 atom stereocenters. The Bertz CT molecular complexity index is 886. The van der Waals surface area contributed by atoms with Crippen LogP contribution >= 0.6 is 23.2 Å². The second-order valence-electron chi connectivity index (χ2n) is 7.06. The topological polar surface area (TPSA) is 105 Å². The van der Waals surface area contributed by atoms with Crippen LogP contribution in [0.4, 0.5) is 0 Å². The van der Waals surface area contributed by atoms with E-state index in [9.17, 15) is 19.8 Å². The summed E-state index contributed by atoms with van der Waals surface area (Å²) in [5.41, 5.74) is 2.48. The van der Waals surface area contributed by atoms with Gasteiger partial charge in [0, 0.05) is 16.7 Å². The van der Waals surface area contributed by atoms with Crippen LogP contribution in [0.15, 0.2) is 42.5 Å². The molecule has 0 fully saturated rings. The third-order valence-corrected chi connectivity index (χ3v) is 5.09. The van der Waals surface area contributed by atoms with Crippen LogP contribution in [0.1, 0.15) is 19.4 Å². The first-order valence-corrected chi connectivity index (χ1v) is 11.0. The van der Waals surface area contributed by atoms with Crippen molar-refractivity contribution in [1.29, 1.82) is 0 Å². The van der Waals surface area contributed by atoms with E-state index in [0.717, 1.165) is 16.7 Å². The lowest BCUT2D eigenvalue weighted by Crippen LogP contribution is -2.53. The average Bonchev–Trinajstić information content (AvgIpc) is 2.76. The highest BCUT2D eigenvalue weighted by Crippen LogP contribution is 2.27. The SMILES string of the molecule is CCOCC(=O)NC(Cc1ccc(-c2cc(Cl)cc(Cl)c2)cc1)C(O)C(O)C(=O)OCC. The third kappa shape index (κ3) is 7.76. The maximum Gasteiger partial charge on any atom is 0.337 e.